The van der Waals surface area contributed by atoms with Crippen LogP contribution in [0.3, 0.4) is 0 Å². The molecule has 34 heavy (non-hydrogen) atoms. The number of imidazole rings is 1. The molecule has 1 atom stereocenters. The summed E-state index contributed by atoms with van der Waals surface area (Å²) >= 11 is 6.43. The highest BCUT2D eigenvalue weighted by Crippen LogP contribution is 2.43. The van der Waals surface area contributed by atoms with Crippen molar-refractivity contribution in [2.75, 3.05) is 6.61 Å². The summed E-state index contributed by atoms with van der Waals surface area (Å²) in [5.74, 6) is 1.37. The Morgan fingerprint density at radius 2 is 2.00 bits per heavy atom. The Balaban J connectivity index is 1.33. The number of hydrogen-bond donors (Lipinski definition) is 1. The van der Waals surface area contributed by atoms with E-state index in [1.807, 2.05) is 12.3 Å². The van der Waals surface area contributed by atoms with Crippen molar-refractivity contribution in [3.8, 4) is 0 Å². The smallest absolute Gasteiger partial charge is 0.338 e. The van der Waals surface area contributed by atoms with E-state index in [-0.39, 0.29) is 11.7 Å². The second-order valence-electron chi connectivity index (χ2n) is 9.16. The Morgan fingerprint density at radius 3 is 2.76 bits per heavy atom. The monoisotopic (exact) mass is 479 g/mol. The number of pyridine rings is 1. The number of esters is 1. The second kappa shape index (κ2) is 9.34. The summed E-state index contributed by atoms with van der Waals surface area (Å²) in [4.78, 5) is 24.7. The average Bonchev–Trinajstić information content (AvgIpc) is 3.28. The molecule has 2 aromatic carbocycles. The van der Waals surface area contributed by atoms with Crippen LogP contribution in [0.15, 0.2) is 42.6 Å². The number of nitrogens with one attached hydrogen (secondary N) is 1. The molecule has 0 unspecified atom stereocenters. The Labute approximate surface area is 202 Å². The van der Waals surface area contributed by atoms with Gasteiger partial charge in [-0.25, -0.2) is 14.2 Å². The number of ether oxygens (including phenoxy) is 1. The van der Waals surface area contributed by atoms with Crippen molar-refractivity contribution in [1.82, 2.24) is 15.0 Å². The van der Waals surface area contributed by atoms with Crippen molar-refractivity contribution in [2.45, 2.75) is 51.4 Å². The predicted octanol–water partition coefficient (Wildman–Crippen LogP) is 7.16. The number of carbonyl (C=O) groups is 1. The third kappa shape index (κ3) is 4.27. The van der Waals surface area contributed by atoms with Gasteiger partial charge in [-0.15, -0.1) is 0 Å². The summed E-state index contributed by atoms with van der Waals surface area (Å²) in [6.45, 7) is 4.28. The van der Waals surface area contributed by atoms with Gasteiger partial charge >= 0.3 is 5.97 Å². The van der Waals surface area contributed by atoms with Gasteiger partial charge in [0, 0.05) is 17.5 Å². The molecule has 176 valence electrons. The molecule has 1 N–H and O–H groups in total. The molecule has 1 fully saturated rings. The van der Waals surface area contributed by atoms with Crippen LogP contribution in [0.1, 0.15) is 73.1 Å². The van der Waals surface area contributed by atoms with Gasteiger partial charge in [-0.1, -0.05) is 18.5 Å². The van der Waals surface area contributed by atoms with E-state index in [4.69, 9.17) is 21.3 Å². The molecule has 2 aromatic heterocycles. The van der Waals surface area contributed by atoms with E-state index in [9.17, 15) is 9.18 Å². The maximum absolute atomic E-state index is 13.9. The standard InChI is InChI=1S/C27H27ClFN3O2/c1-3-34-27(33)18-12-22(28)25-24(13-18)31-26(32-25)15(2)16-4-6-17(7-5-16)20-10-11-30-23-9-8-19(29)14-21(20)23/h8-17H,3-7H2,1-2H3,(H,31,32)/t15-,16?,17?/m1/s1. The maximum Gasteiger partial charge on any atom is 0.338 e. The fourth-order valence-corrected chi connectivity index (χ4v) is 5.55. The van der Waals surface area contributed by atoms with Gasteiger partial charge in [0.25, 0.3) is 0 Å². The third-order valence-electron chi connectivity index (χ3n) is 7.16. The molecule has 0 spiro atoms. The van der Waals surface area contributed by atoms with Gasteiger partial charge < -0.3 is 9.72 Å². The van der Waals surface area contributed by atoms with E-state index in [2.05, 4.69) is 16.9 Å². The normalized spacial score (nSPS) is 19.4. The van der Waals surface area contributed by atoms with Crippen LogP contribution in [-0.4, -0.2) is 27.5 Å². The molecule has 0 saturated heterocycles. The number of aromatic amines is 1. The lowest BCUT2D eigenvalue weighted by Gasteiger charge is -2.32. The molecule has 0 bridgehead atoms. The highest BCUT2D eigenvalue weighted by atomic mass is 35.5. The second-order valence-corrected chi connectivity index (χ2v) is 9.57. The number of benzene rings is 2. The molecule has 0 radical (unpaired) electrons. The molecular weight excluding hydrogens is 453 g/mol. The summed E-state index contributed by atoms with van der Waals surface area (Å²) < 4.78 is 19.0. The zero-order valence-electron chi connectivity index (χ0n) is 19.3. The fourth-order valence-electron chi connectivity index (χ4n) is 5.29. The van der Waals surface area contributed by atoms with Gasteiger partial charge in [-0.05, 0) is 86.4 Å². The molecule has 1 aliphatic carbocycles. The molecule has 5 rings (SSSR count). The maximum atomic E-state index is 13.9. The van der Waals surface area contributed by atoms with Crippen molar-refractivity contribution >= 4 is 39.5 Å². The zero-order chi connectivity index (χ0) is 23.8. The lowest BCUT2D eigenvalue weighted by atomic mass is 9.73. The first-order chi connectivity index (χ1) is 16.4. The molecule has 4 aromatic rings. The fraction of sp³-hybridized carbons (Fsp3) is 0.370. The first kappa shape index (κ1) is 22.8. The van der Waals surface area contributed by atoms with Crippen LogP contribution in [0.5, 0.6) is 0 Å². The van der Waals surface area contributed by atoms with Crippen molar-refractivity contribution in [3.63, 3.8) is 0 Å². The number of H-pyrrole nitrogens is 1. The third-order valence-corrected chi connectivity index (χ3v) is 7.45. The van der Waals surface area contributed by atoms with Crippen molar-refractivity contribution in [2.24, 2.45) is 5.92 Å². The molecule has 1 aliphatic rings. The van der Waals surface area contributed by atoms with Gasteiger partial charge in [0.05, 0.1) is 28.2 Å². The van der Waals surface area contributed by atoms with Gasteiger partial charge in [-0.3, -0.25) is 4.98 Å². The summed E-state index contributed by atoms with van der Waals surface area (Å²) in [5.41, 5.74) is 3.88. The summed E-state index contributed by atoms with van der Waals surface area (Å²) in [6, 6.07) is 10.2. The quantitative estimate of drug-likeness (QED) is 0.308. The van der Waals surface area contributed by atoms with Gasteiger partial charge in [0.15, 0.2) is 0 Å². The Hall–Kier alpha value is -2.99. The van der Waals surface area contributed by atoms with Crippen LogP contribution < -0.4 is 0 Å². The van der Waals surface area contributed by atoms with E-state index in [0.717, 1.165) is 47.9 Å². The lowest BCUT2D eigenvalue weighted by molar-refractivity contribution is 0.0526. The Morgan fingerprint density at radius 1 is 1.21 bits per heavy atom. The predicted molar refractivity (Wildman–Crippen MR) is 132 cm³/mol. The molecular formula is C27H27ClFN3O2. The van der Waals surface area contributed by atoms with Crippen LogP contribution in [0, 0.1) is 11.7 Å². The first-order valence-electron chi connectivity index (χ1n) is 11.8. The van der Waals surface area contributed by atoms with E-state index in [1.165, 1.54) is 11.6 Å². The summed E-state index contributed by atoms with van der Waals surface area (Å²) in [5, 5.41) is 1.36. The molecule has 1 saturated carbocycles. The topological polar surface area (TPSA) is 67.9 Å². The summed E-state index contributed by atoms with van der Waals surface area (Å²) in [6.07, 6.45) is 6.03. The van der Waals surface area contributed by atoms with E-state index in [1.54, 1.807) is 31.2 Å². The van der Waals surface area contributed by atoms with Gasteiger partial charge in [-0.2, -0.15) is 0 Å². The van der Waals surface area contributed by atoms with Crippen molar-refractivity contribution in [1.29, 1.82) is 0 Å². The van der Waals surface area contributed by atoms with Crippen LogP contribution >= 0.6 is 11.6 Å². The van der Waals surface area contributed by atoms with Crippen LogP contribution in [-0.2, 0) is 4.74 Å². The van der Waals surface area contributed by atoms with E-state index >= 15 is 0 Å². The van der Waals surface area contributed by atoms with Crippen molar-refractivity contribution < 1.29 is 13.9 Å². The number of halogens is 2. The SMILES string of the molecule is CCOC(=O)c1cc(Cl)c2nc([C@H](C)C3CCC(c4ccnc5ccc(F)cc45)CC3)[nH]c2c1. The Kier molecular flexibility index (Phi) is 6.26. The number of nitrogens with zero attached hydrogens (tertiary/aromatic N) is 2. The largest absolute Gasteiger partial charge is 0.462 e. The zero-order valence-corrected chi connectivity index (χ0v) is 20.0. The van der Waals surface area contributed by atoms with E-state index < -0.39 is 5.97 Å². The number of aromatic nitrogens is 3. The molecule has 0 aliphatic heterocycles. The molecule has 5 nitrogen and oxygen atoms in total. The van der Waals surface area contributed by atoms with Gasteiger partial charge in [0.2, 0.25) is 0 Å². The summed E-state index contributed by atoms with van der Waals surface area (Å²) in [7, 11) is 0. The highest BCUT2D eigenvalue weighted by molar-refractivity contribution is 6.35. The van der Waals surface area contributed by atoms with Crippen LogP contribution in [0.2, 0.25) is 5.02 Å². The minimum absolute atomic E-state index is 0.223. The number of carbonyl (C=O) groups excluding carboxylic acids is 1. The minimum atomic E-state index is -0.391. The van der Waals surface area contributed by atoms with Crippen LogP contribution in [0.4, 0.5) is 4.39 Å². The molecule has 2 heterocycles. The average molecular weight is 480 g/mol. The lowest BCUT2D eigenvalue weighted by Crippen LogP contribution is -2.19. The van der Waals surface area contributed by atoms with Gasteiger partial charge in [0.1, 0.15) is 17.2 Å². The number of rotatable bonds is 5. The van der Waals surface area contributed by atoms with Crippen molar-refractivity contribution in [3.05, 3.63) is 70.4 Å². The molecule has 0 amide bonds. The highest BCUT2D eigenvalue weighted by Gasteiger charge is 2.29. The Bertz CT molecular complexity index is 1360. The van der Waals surface area contributed by atoms with E-state index in [0.29, 0.717) is 34.5 Å². The number of fused-ring (bicyclic) bond motifs is 2. The number of hydrogen-bond acceptors (Lipinski definition) is 4. The first-order valence-corrected chi connectivity index (χ1v) is 12.2. The molecule has 7 heteroatoms. The minimum Gasteiger partial charge on any atom is -0.462 e. The van der Waals surface area contributed by atoms with Crippen LogP contribution in [0.25, 0.3) is 21.9 Å².